The molecule has 0 aromatic rings. The fourth-order valence-corrected chi connectivity index (χ4v) is 0.744. The predicted octanol–water partition coefficient (Wildman–Crippen LogP) is 1.87. The lowest BCUT2D eigenvalue weighted by Gasteiger charge is -2.15. The molecule has 1 aliphatic heterocycles. The Bertz CT molecular complexity index is 347. The molecule has 1 aliphatic rings. The summed E-state index contributed by atoms with van der Waals surface area (Å²) in [5, 5.41) is 2.38. The van der Waals surface area contributed by atoms with E-state index in [9.17, 15) is 31.1 Å². The molecule has 0 fully saturated rings. The van der Waals surface area contributed by atoms with Crippen molar-refractivity contribution in [3.63, 3.8) is 0 Å². The highest BCUT2D eigenvalue weighted by Crippen LogP contribution is 2.33. The van der Waals surface area contributed by atoms with Crippen molar-refractivity contribution in [1.82, 2.24) is 5.32 Å². The van der Waals surface area contributed by atoms with Crippen LogP contribution in [-0.4, -0.2) is 18.3 Å². The van der Waals surface area contributed by atoms with Gasteiger partial charge in [-0.25, -0.2) is 5.32 Å². The van der Waals surface area contributed by atoms with Crippen molar-refractivity contribution >= 4 is 5.91 Å². The van der Waals surface area contributed by atoms with Crippen molar-refractivity contribution < 1.29 is 31.1 Å². The highest BCUT2D eigenvalue weighted by atomic mass is 19.4. The van der Waals surface area contributed by atoms with Crippen LogP contribution < -0.4 is 5.32 Å². The van der Waals surface area contributed by atoms with Crippen molar-refractivity contribution in [3.8, 4) is 0 Å². The number of carbonyl (C=O) groups excluding carboxylic acids is 1. The van der Waals surface area contributed by atoms with Gasteiger partial charge in [0.2, 0.25) is 0 Å². The van der Waals surface area contributed by atoms with E-state index in [0.29, 0.717) is 0 Å². The summed E-state index contributed by atoms with van der Waals surface area (Å²) in [4.78, 5) is 10.5. The van der Waals surface area contributed by atoms with Crippen molar-refractivity contribution in [1.29, 1.82) is 0 Å². The number of carbonyl (C=O) groups is 1. The van der Waals surface area contributed by atoms with Gasteiger partial charge in [0, 0.05) is 12.2 Å². The first-order valence-electron chi connectivity index (χ1n) is 3.36. The van der Waals surface area contributed by atoms with E-state index in [2.05, 4.69) is 5.32 Å². The Balaban J connectivity index is 3.11. The van der Waals surface area contributed by atoms with Crippen LogP contribution in [0.25, 0.3) is 0 Å². The first kappa shape index (κ1) is 11.6. The normalized spacial score (nSPS) is 18.1. The van der Waals surface area contributed by atoms with Gasteiger partial charge >= 0.3 is 12.4 Å². The van der Waals surface area contributed by atoms with Gasteiger partial charge in [-0.3, -0.25) is 4.79 Å². The van der Waals surface area contributed by atoms with E-state index in [0.717, 1.165) is 6.08 Å². The quantitative estimate of drug-likeness (QED) is 0.583. The highest BCUT2D eigenvalue weighted by Gasteiger charge is 2.43. The van der Waals surface area contributed by atoms with Crippen molar-refractivity contribution in [2.24, 2.45) is 0 Å². The standard InChI is InChI=1S/C7HF6NO/c8-6(9,10)3-1-4(7(11,12)13)14-5(15)2-3/h2H. The van der Waals surface area contributed by atoms with E-state index >= 15 is 0 Å². The third-order valence-corrected chi connectivity index (χ3v) is 1.32. The lowest BCUT2D eigenvalue weighted by atomic mass is 10.1. The molecule has 1 rings (SSSR count). The number of alkyl halides is 6. The molecule has 0 bridgehead atoms. The van der Waals surface area contributed by atoms with Crippen molar-refractivity contribution in [3.05, 3.63) is 23.4 Å². The Morgan fingerprint density at radius 1 is 1.07 bits per heavy atom. The van der Waals surface area contributed by atoms with Crippen LogP contribution in [0.2, 0.25) is 0 Å². The minimum atomic E-state index is -5.12. The molecular weight excluding hydrogens is 228 g/mol. The van der Waals surface area contributed by atoms with Crippen LogP contribution in [-0.2, 0) is 4.79 Å². The summed E-state index contributed by atoms with van der Waals surface area (Å²) in [6.07, 6.45) is -9.22. The number of hydrogen-bond donors (Lipinski definition) is 0. The second kappa shape index (κ2) is 3.28. The van der Waals surface area contributed by atoms with E-state index in [-0.39, 0.29) is 6.08 Å². The van der Waals surface area contributed by atoms with Crippen molar-refractivity contribution in [2.75, 3.05) is 0 Å². The molecule has 0 spiro atoms. The van der Waals surface area contributed by atoms with E-state index in [4.69, 9.17) is 0 Å². The summed E-state index contributed by atoms with van der Waals surface area (Å²) < 4.78 is 71.7. The lowest BCUT2D eigenvalue weighted by molar-refractivity contribution is -0.125. The number of amides is 1. The number of halogens is 6. The second-order valence-electron chi connectivity index (χ2n) is 2.48. The fourth-order valence-electron chi connectivity index (χ4n) is 0.744. The molecule has 0 saturated carbocycles. The van der Waals surface area contributed by atoms with E-state index in [1.54, 1.807) is 0 Å². The molecule has 2 radical (unpaired) electrons. The van der Waals surface area contributed by atoms with E-state index in [1.165, 1.54) is 0 Å². The van der Waals surface area contributed by atoms with Crippen LogP contribution in [0.15, 0.2) is 17.3 Å². The number of allylic oxidation sites excluding steroid dienone is 3. The number of rotatable bonds is 0. The van der Waals surface area contributed by atoms with Gasteiger partial charge in [-0.1, -0.05) is 0 Å². The maximum atomic E-state index is 12.0. The monoisotopic (exact) mass is 229 g/mol. The summed E-state index contributed by atoms with van der Waals surface area (Å²) in [6, 6.07) is 0. The lowest BCUT2D eigenvalue weighted by Crippen LogP contribution is -2.30. The van der Waals surface area contributed by atoms with E-state index in [1.807, 2.05) is 0 Å². The second-order valence-corrected chi connectivity index (χ2v) is 2.48. The van der Waals surface area contributed by atoms with Gasteiger partial charge in [-0.2, -0.15) is 26.3 Å². The molecular formula is C7HF6NO. The first-order chi connectivity index (χ1) is 6.60. The van der Waals surface area contributed by atoms with Crippen LogP contribution in [0.3, 0.4) is 0 Å². The van der Waals surface area contributed by atoms with Gasteiger partial charge in [0.05, 0.1) is 5.57 Å². The molecule has 0 unspecified atom stereocenters. The summed E-state index contributed by atoms with van der Waals surface area (Å²) in [7, 11) is 0. The molecule has 0 aromatic carbocycles. The van der Waals surface area contributed by atoms with Gasteiger partial charge in [0.1, 0.15) is 0 Å². The van der Waals surface area contributed by atoms with Gasteiger partial charge < -0.3 is 0 Å². The maximum absolute atomic E-state index is 12.0. The first-order valence-corrected chi connectivity index (χ1v) is 3.36. The fraction of sp³-hybridized carbons (Fsp3) is 0.286. The van der Waals surface area contributed by atoms with Crippen LogP contribution in [0.1, 0.15) is 0 Å². The smallest absolute Gasteiger partial charge is 0.267 e. The zero-order chi connectivity index (χ0) is 11.9. The average Bonchev–Trinajstić information content (AvgIpc) is 1.99. The maximum Gasteiger partial charge on any atom is 0.434 e. The Hall–Kier alpha value is -1.47. The summed E-state index contributed by atoms with van der Waals surface area (Å²) in [5.74, 6) is -1.60. The summed E-state index contributed by atoms with van der Waals surface area (Å²) in [5.41, 5.74) is -3.75. The average molecular weight is 229 g/mol. The highest BCUT2D eigenvalue weighted by molar-refractivity contribution is 5.91. The van der Waals surface area contributed by atoms with E-state index < -0.39 is 29.5 Å². The molecule has 0 N–H and O–H groups in total. The molecule has 1 heterocycles. The topological polar surface area (TPSA) is 31.2 Å². The van der Waals surface area contributed by atoms with Gasteiger partial charge in [-0.15, -0.1) is 0 Å². The molecule has 1 amide bonds. The molecule has 15 heavy (non-hydrogen) atoms. The summed E-state index contributed by atoms with van der Waals surface area (Å²) in [6.45, 7) is 0. The number of nitrogens with zero attached hydrogens (tertiary/aromatic N) is 1. The van der Waals surface area contributed by atoms with Gasteiger partial charge in [0.15, 0.2) is 5.70 Å². The SMILES string of the molecule is O=C1C=C(C(F)(F)F)[C]=C(C(F)(F)F)[N]1. The van der Waals surface area contributed by atoms with Crippen molar-refractivity contribution in [2.45, 2.75) is 12.4 Å². The molecule has 2 nitrogen and oxygen atoms in total. The Kier molecular flexibility index (Phi) is 2.54. The van der Waals surface area contributed by atoms with Crippen LogP contribution in [0.4, 0.5) is 26.3 Å². The van der Waals surface area contributed by atoms with Gasteiger partial charge in [-0.05, 0) is 0 Å². The molecule has 0 aliphatic carbocycles. The number of hydrogen-bond acceptors (Lipinski definition) is 1. The van der Waals surface area contributed by atoms with Crippen LogP contribution in [0.5, 0.6) is 0 Å². The molecule has 0 saturated heterocycles. The molecule has 82 valence electrons. The van der Waals surface area contributed by atoms with Crippen LogP contribution >= 0.6 is 0 Å². The summed E-state index contributed by atoms with van der Waals surface area (Å²) >= 11 is 0. The Labute approximate surface area is 79.2 Å². The third kappa shape index (κ3) is 2.74. The minimum Gasteiger partial charge on any atom is -0.267 e. The van der Waals surface area contributed by atoms with Gasteiger partial charge in [0.25, 0.3) is 5.91 Å². The molecule has 0 aromatic heterocycles. The molecule has 0 atom stereocenters. The largest absolute Gasteiger partial charge is 0.434 e. The Morgan fingerprint density at radius 2 is 1.60 bits per heavy atom. The zero-order valence-electron chi connectivity index (χ0n) is 6.70. The van der Waals surface area contributed by atoms with Crippen LogP contribution in [0, 0.1) is 6.08 Å². The Morgan fingerprint density at radius 3 is 2.00 bits per heavy atom. The zero-order valence-corrected chi connectivity index (χ0v) is 6.70. The molecule has 8 heteroatoms. The predicted molar refractivity (Wildman–Crippen MR) is 34.1 cm³/mol. The third-order valence-electron chi connectivity index (χ3n) is 1.32. The minimum absolute atomic E-state index is 0.0464.